The van der Waals surface area contributed by atoms with Gasteiger partial charge >= 0.3 is 0 Å². The highest BCUT2D eigenvalue weighted by Crippen LogP contribution is 2.50. The Hall–Kier alpha value is -7.42. The van der Waals surface area contributed by atoms with Crippen LogP contribution in [-0.2, 0) is 0 Å². The maximum absolute atomic E-state index is 6.48. The fourth-order valence-corrected chi connectivity index (χ4v) is 8.60. The van der Waals surface area contributed by atoms with Crippen LogP contribution in [0.15, 0.2) is 217 Å². The summed E-state index contributed by atoms with van der Waals surface area (Å²) in [7, 11) is 0. The van der Waals surface area contributed by atoms with E-state index in [1.807, 2.05) is 12.1 Å². The summed E-state index contributed by atoms with van der Waals surface area (Å²) in [6.07, 6.45) is 0. The molecule has 0 radical (unpaired) electrons. The van der Waals surface area contributed by atoms with E-state index in [1.165, 1.54) is 54.6 Å². The molecule has 0 N–H and O–H groups in total. The first-order chi connectivity index (χ1) is 27.8. The summed E-state index contributed by atoms with van der Waals surface area (Å²) < 4.78 is 6.48. The van der Waals surface area contributed by atoms with E-state index in [0.717, 1.165) is 50.1 Å². The number of anilines is 3. The number of nitrogens with zero attached hydrogens (tertiary/aromatic N) is 1. The number of para-hydroxylation sites is 2. The maximum Gasteiger partial charge on any atom is 0.143 e. The summed E-state index contributed by atoms with van der Waals surface area (Å²) in [6, 6.07) is 76.6. The molecule has 1 aromatic heterocycles. The van der Waals surface area contributed by atoms with Crippen LogP contribution in [-0.4, -0.2) is 0 Å². The van der Waals surface area contributed by atoms with Crippen molar-refractivity contribution in [2.24, 2.45) is 0 Å². The highest BCUT2D eigenvalue weighted by molar-refractivity contribution is 6.23. The van der Waals surface area contributed by atoms with Crippen molar-refractivity contribution in [1.29, 1.82) is 0 Å². The van der Waals surface area contributed by atoms with E-state index in [4.69, 9.17) is 4.42 Å². The number of rotatable bonds is 6. The molecule has 56 heavy (non-hydrogen) atoms. The molecule has 262 valence electrons. The molecule has 0 aliphatic heterocycles. The average molecular weight is 714 g/mol. The van der Waals surface area contributed by atoms with Crippen molar-refractivity contribution >= 4 is 71.3 Å². The van der Waals surface area contributed by atoms with Gasteiger partial charge in [0.2, 0.25) is 0 Å². The van der Waals surface area contributed by atoms with E-state index in [9.17, 15) is 0 Å². The monoisotopic (exact) mass is 713 g/mol. The summed E-state index contributed by atoms with van der Waals surface area (Å²) in [4.78, 5) is 2.46. The van der Waals surface area contributed by atoms with Crippen LogP contribution in [0.1, 0.15) is 0 Å². The van der Waals surface area contributed by atoms with Gasteiger partial charge in [-0.1, -0.05) is 176 Å². The van der Waals surface area contributed by atoms with Gasteiger partial charge in [-0.3, -0.25) is 0 Å². The number of fused-ring (bicyclic) bond motifs is 7. The smallest absolute Gasteiger partial charge is 0.143 e. The minimum Gasteiger partial charge on any atom is -0.455 e. The minimum absolute atomic E-state index is 0.904. The quantitative estimate of drug-likeness (QED) is 0.160. The normalized spacial score (nSPS) is 11.6. The average Bonchev–Trinajstić information content (AvgIpc) is 3.66. The van der Waals surface area contributed by atoms with Gasteiger partial charge in [0.25, 0.3) is 0 Å². The van der Waals surface area contributed by atoms with E-state index in [1.54, 1.807) is 0 Å². The summed E-state index contributed by atoms with van der Waals surface area (Å²) in [5.41, 5.74) is 12.1. The largest absolute Gasteiger partial charge is 0.455 e. The molecule has 11 aromatic rings. The Morgan fingerprint density at radius 2 is 0.857 bits per heavy atom. The Morgan fingerprint density at radius 3 is 1.61 bits per heavy atom. The van der Waals surface area contributed by atoms with Gasteiger partial charge in [-0.25, -0.2) is 0 Å². The van der Waals surface area contributed by atoms with E-state index >= 15 is 0 Å². The Balaban J connectivity index is 1.17. The molecule has 1 heterocycles. The Bertz CT molecular complexity index is 3230. The summed E-state index contributed by atoms with van der Waals surface area (Å²) in [5.74, 6) is 0. The van der Waals surface area contributed by atoms with Crippen molar-refractivity contribution in [3.63, 3.8) is 0 Å². The molecule has 0 amide bonds. The second-order valence-corrected chi connectivity index (χ2v) is 14.5. The lowest BCUT2D eigenvalue weighted by molar-refractivity contribution is 0.670. The van der Waals surface area contributed by atoms with Crippen LogP contribution in [0.5, 0.6) is 0 Å². The third kappa shape index (κ3) is 5.26. The first-order valence-corrected chi connectivity index (χ1v) is 19.2. The molecule has 0 atom stereocenters. The fourth-order valence-electron chi connectivity index (χ4n) is 8.60. The molecular formula is C54H35NO. The predicted molar refractivity (Wildman–Crippen MR) is 237 cm³/mol. The lowest BCUT2D eigenvalue weighted by atomic mass is 9.89. The van der Waals surface area contributed by atoms with Crippen LogP contribution in [0, 0.1) is 0 Å². The van der Waals surface area contributed by atoms with Crippen molar-refractivity contribution in [2.45, 2.75) is 0 Å². The SMILES string of the molecule is c1ccc(-c2ccc(N(c3ccc(-c4cccc5c4oc4ccccc45)cc3)c3c(-c4ccc5ccccc5c4)c4ccccc4c4ccccc34)cc2)cc1. The molecule has 0 aliphatic carbocycles. The van der Waals surface area contributed by atoms with Crippen molar-refractivity contribution in [2.75, 3.05) is 4.90 Å². The third-order valence-corrected chi connectivity index (χ3v) is 11.2. The lowest BCUT2D eigenvalue weighted by Crippen LogP contribution is -2.12. The number of furan rings is 1. The molecular weight excluding hydrogens is 679 g/mol. The van der Waals surface area contributed by atoms with Gasteiger partial charge in [-0.05, 0) is 85.6 Å². The van der Waals surface area contributed by atoms with Crippen LogP contribution in [0.4, 0.5) is 17.1 Å². The number of hydrogen-bond donors (Lipinski definition) is 0. The highest BCUT2D eigenvalue weighted by Gasteiger charge is 2.24. The maximum atomic E-state index is 6.48. The molecule has 0 aliphatic rings. The van der Waals surface area contributed by atoms with Crippen molar-refractivity contribution in [1.82, 2.24) is 0 Å². The van der Waals surface area contributed by atoms with Crippen LogP contribution in [0.25, 0.3) is 87.6 Å². The van der Waals surface area contributed by atoms with Crippen molar-refractivity contribution in [3.05, 3.63) is 212 Å². The Kier molecular flexibility index (Phi) is 7.53. The first kappa shape index (κ1) is 32.0. The zero-order valence-corrected chi connectivity index (χ0v) is 30.6. The fraction of sp³-hybridized carbons (Fsp3) is 0. The second kappa shape index (κ2) is 13.2. The van der Waals surface area contributed by atoms with Crippen molar-refractivity contribution in [3.8, 4) is 33.4 Å². The molecule has 2 heteroatoms. The lowest BCUT2D eigenvalue weighted by Gasteiger charge is -2.31. The van der Waals surface area contributed by atoms with Gasteiger partial charge in [0.1, 0.15) is 11.2 Å². The van der Waals surface area contributed by atoms with Gasteiger partial charge < -0.3 is 9.32 Å². The van der Waals surface area contributed by atoms with Crippen LogP contribution >= 0.6 is 0 Å². The second-order valence-electron chi connectivity index (χ2n) is 14.5. The molecule has 0 saturated heterocycles. The van der Waals surface area contributed by atoms with Crippen molar-refractivity contribution < 1.29 is 4.42 Å². The predicted octanol–water partition coefficient (Wildman–Crippen LogP) is 15.5. The molecule has 2 nitrogen and oxygen atoms in total. The van der Waals surface area contributed by atoms with E-state index in [-0.39, 0.29) is 0 Å². The highest BCUT2D eigenvalue weighted by atomic mass is 16.3. The zero-order valence-electron chi connectivity index (χ0n) is 30.6. The van der Waals surface area contributed by atoms with Crippen LogP contribution < -0.4 is 4.90 Å². The summed E-state index contributed by atoms with van der Waals surface area (Å²) >= 11 is 0. The third-order valence-electron chi connectivity index (χ3n) is 11.2. The number of hydrogen-bond acceptors (Lipinski definition) is 2. The molecule has 0 spiro atoms. The first-order valence-electron chi connectivity index (χ1n) is 19.2. The molecule has 0 bridgehead atoms. The number of benzene rings is 10. The van der Waals surface area contributed by atoms with Crippen LogP contribution in [0.3, 0.4) is 0 Å². The van der Waals surface area contributed by atoms with E-state index in [2.05, 4.69) is 205 Å². The molecule has 0 unspecified atom stereocenters. The van der Waals surface area contributed by atoms with Gasteiger partial charge in [-0.2, -0.15) is 0 Å². The Labute approximate surface area is 325 Å². The summed E-state index contributed by atoms with van der Waals surface area (Å²) in [6.45, 7) is 0. The standard InChI is InChI=1S/C54H35NO/c1-2-13-36(14-3-1)38-27-31-42(32-28-38)55(43-33-29-39(30-34-43)44-22-12-23-50-47-19-10-11-24-51(47)56-54(44)50)53-49-21-9-7-18-46(49)45-17-6-8-20-48(45)52(53)41-26-25-37-15-4-5-16-40(37)35-41/h1-35H. The Morgan fingerprint density at radius 1 is 0.321 bits per heavy atom. The molecule has 0 fully saturated rings. The van der Waals surface area contributed by atoms with E-state index < -0.39 is 0 Å². The van der Waals surface area contributed by atoms with Gasteiger partial charge in [0.15, 0.2) is 0 Å². The van der Waals surface area contributed by atoms with Gasteiger partial charge in [0, 0.05) is 38.7 Å². The van der Waals surface area contributed by atoms with E-state index in [0.29, 0.717) is 0 Å². The molecule has 10 aromatic carbocycles. The van der Waals surface area contributed by atoms with Gasteiger partial charge in [-0.15, -0.1) is 0 Å². The van der Waals surface area contributed by atoms with Gasteiger partial charge in [0.05, 0.1) is 5.69 Å². The molecule has 11 rings (SSSR count). The van der Waals surface area contributed by atoms with Crippen LogP contribution in [0.2, 0.25) is 0 Å². The molecule has 0 saturated carbocycles. The summed E-state index contributed by atoms with van der Waals surface area (Å²) in [5, 5.41) is 9.58. The topological polar surface area (TPSA) is 16.4 Å². The minimum atomic E-state index is 0.904. The zero-order chi connectivity index (χ0) is 37.0.